The molecule has 108 valence electrons. The molecular formula is C14H20N4OS. The molecule has 0 spiro atoms. The highest BCUT2D eigenvalue weighted by atomic mass is 32.1. The van der Waals surface area contributed by atoms with E-state index in [1.807, 2.05) is 6.92 Å². The fraction of sp³-hybridized carbons (Fsp3) is 0.643. The van der Waals surface area contributed by atoms with Gasteiger partial charge in [-0.1, -0.05) is 38.0 Å². The number of nitrogens with two attached hydrogens (primary N) is 1. The van der Waals surface area contributed by atoms with Crippen LogP contribution in [0, 0.1) is 12.3 Å². The van der Waals surface area contributed by atoms with Crippen molar-refractivity contribution in [2.75, 3.05) is 5.73 Å². The van der Waals surface area contributed by atoms with E-state index in [2.05, 4.69) is 23.9 Å². The number of hydrogen-bond donors (Lipinski definition) is 1. The summed E-state index contributed by atoms with van der Waals surface area (Å²) in [7, 11) is 0. The van der Waals surface area contributed by atoms with Gasteiger partial charge in [0.25, 0.3) is 5.56 Å². The van der Waals surface area contributed by atoms with Crippen LogP contribution in [0.4, 0.5) is 5.13 Å². The average Bonchev–Trinajstić information content (AvgIpc) is 2.77. The lowest BCUT2D eigenvalue weighted by Crippen LogP contribution is -2.38. The molecule has 1 fully saturated rings. The van der Waals surface area contributed by atoms with Crippen molar-refractivity contribution in [2.24, 2.45) is 5.41 Å². The van der Waals surface area contributed by atoms with Gasteiger partial charge < -0.3 is 5.73 Å². The van der Waals surface area contributed by atoms with Crippen LogP contribution in [0.25, 0.3) is 10.2 Å². The number of hydrogen-bond acceptors (Lipinski definition) is 5. The molecule has 0 radical (unpaired) electrons. The molecule has 0 aliphatic heterocycles. The van der Waals surface area contributed by atoms with Crippen molar-refractivity contribution in [3.8, 4) is 0 Å². The molecule has 2 aromatic heterocycles. The van der Waals surface area contributed by atoms with Gasteiger partial charge in [0.2, 0.25) is 0 Å². The molecule has 2 aromatic rings. The predicted octanol–water partition coefficient (Wildman–Crippen LogP) is 2.88. The smallest absolute Gasteiger partial charge is 0.294 e. The van der Waals surface area contributed by atoms with Gasteiger partial charge in [-0.25, -0.2) is 9.67 Å². The molecular weight excluding hydrogens is 272 g/mol. The second-order valence-corrected chi connectivity index (χ2v) is 7.35. The first kappa shape index (κ1) is 13.5. The van der Waals surface area contributed by atoms with Crippen LogP contribution in [-0.2, 0) is 0 Å². The van der Waals surface area contributed by atoms with E-state index in [1.54, 1.807) is 4.68 Å². The number of nitrogen functional groups attached to an aromatic ring is 1. The molecule has 20 heavy (non-hydrogen) atoms. The van der Waals surface area contributed by atoms with Crippen LogP contribution in [0.5, 0.6) is 0 Å². The third kappa shape index (κ3) is 2.02. The van der Waals surface area contributed by atoms with Crippen molar-refractivity contribution >= 4 is 26.7 Å². The van der Waals surface area contributed by atoms with Gasteiger partial charge in [-0.15, -0.1) is 0 Å². The quantitative estimate of drug-likeness (QED) is 0.877. The summed E-state index contributed by atoms with van der Waals surface area (Å²) in [4.78, 5) is 16.9. The molecule has 2 N–H and O–H groups in total. The van der Waals surface area contributed by atoms with Gasteiger partial charge in [0.1, 0.15) is 0 Å². The average molecular weight is 292 g/mol. The van der Waals surface area contributed by atoms with Crippen LogP contribution in [0.2, 0.25) is 0 Å². The number of nitrogens with zero attached hydrogens (tertiary/aromatic N) is 3. The van der Waals surface area contributed by atoms with E-state index in [0.29, 0.717) is 10.6 Å². The molecule has 0 saturated heterocycles. The van der Waals surface area contributed by atoms with Gasteiger partial charge >= 0.3 is 0 Å². The summed E-state index contributed by atoms with van der Waals surface area (Å²) in [5.41, 5.74) is 7.05. The zero-order chi connectivity index (χ0) is 14.5. The van der Waals surface area contributed by atoms with Crippen LogP contribution < -0.4 is 11.3 Å². The summed E-state index contributed by atoms with van der Waals surface area (Å²) in [5.74, 6) is 0. The van der Waals surface area contributed by atoms with Crippen LogP contribution in [0.1, 0.15) is 51.3 Å². The molecule has 2 heterocycles. The monoisotopic (exact) mass is 292 g/mol. The zero-order valence-corrected chi connectivity index (χ0v) is 13.0. The van der Waals surface area contributed by atoms with E-state index in [4.69, 9.17) is 5.73 Å². The largest absolute Gasteiger partial charge is 0.375 e. The standard InChI is InChI=1S/C14H20N4OS/c1-8-11-10(16-13(15)20-11)12(19)18(17-8)9-6-4-5-7-14(9,2)3/h9H,4-7H2,1-3H3,(H2,15,16). The van der Waals surface area contributed by atoms with Gasteiger partial charge in [-0.3, -0.25) is 4.79 Å². The maximum Gasteiger partial charge on any atom is 0.294 e. The maximum absolute atomic E-state index is 12.7. The molecule has 1 saturated carbocycles. The van der Waals surface area contributed by atoms with Crippen molar-refractivity contribution in [1.82, 2.24) is 14.8 Å². The first-order valence-electron chi connectivity index (χ1n) is 7.05. The van der Waals surface area contributed by atoms with Crippen LogP contribution in [0.15, 0.2) is 4.79 Å². The van der Waals surface area contributed by atoms with Crippen molar-refractivity contribution in [1.29, 1.82) is 0 Å². The maximum atomic E-state index is 12.7. The highest BCUT2D eigenvalue weighted by molar-refractivity contribution is 7.22. The van der Waals surface area contributed by atoms with Crippen molar-refractivity contribution < 1.29 is 0 Å². The molecule has 1 aliphatic carbocycles. The normalized spacial score (nSPS) is 22.2. The Morgan fingerprint density at radius 2 is 2.15 bits per heavy atom. The van der Waals surface area contributed by atoms with Gasteiger partial charge in [0, 0.05) is 0 Å². The third-order valence-corrected chi connectivity index (χ3v) is 5.38. The minimum atomic E-state index is -0.0986. The van der Waals surface area contributed by atoms with Crippen molar-refractivity contribution in [2.45, 2.75) is 52.5 Å². The van der Waals surface area contributed by atoms with Crippen LogP contribution in [0.3, 0.4) is 0 Å². The molecule has 0 amide bonds. The highest BCUT2D eigenvalue weighted by Crippen LogP contribution is 2.43. The SMILES string of the molecule is Cc1nn(C2CCCCC2(C)C)c(=O)c2nc(N)sc12. The topological polar surface area (TPSA) is 73.8 Å². The predicted molar refractivity (Wildman–Crippen MR) is 82.1 cm³/mol. The Hall–Kier alpha value is -1.43. The summed E-state index contributed by atoms with van der Waals surface area (Å²) in [5, 5.41) is 4.99. The van der Waals surface area contributed by atoms with E-state index in [1.165, 1.54) is 17.8 Å². The van der Waals surface area contributed by atoms with Crippen LogP contribution >= 0.6 is 11.3 Å². The zero-order valence-electron chi connectivity index (χ0n) is 12.1. The number of anilines is 1. The third-order valence-electron chi connectivity index (χ3n) is 4.39. The fourth-order valence-electron chi connectivity index (χ4n) is 3.23. The van der Waals surface area contributed by atoms with Gasteiger partial charge in [0.15, 0.2) is 10.6 Å². The van der Waals surface area contributed by atoms with Gasteiger partial charge in [-0.2, -0.15) is 5.10 Å². The van der Waals surface area contributed by atoms with E-state index in [-0.39, 0.29) is 17.0 Å². The minimum Gasteiger partial charge on any atom is -0.375 e. The number of fused-ring (bicyclic) bond motifs is 1. The second kappa shape index (κ2) is 4.55. The van der Waals surface area contributed by atoms with E-state index in [9.17, 15) is 4.79 Å². The number of rotatable bonds is 1. The number of aryl methyl sites for hydroxylation is 1. The summed E-state index contributed by atoms with van der Waals surface area (Å²) < 4.78 is 2.48. The van der Waals surface area contributed by atoms with Crippen molar-refractivity contribution in [3.63, 3.8) is 0 Å². The molecule has 6 heteroatoms. The van der Waals surface area contributed by atoms with Gasteiger partial charge in [0.05, 0.1) is 16.4 Å². The Labute approximate surface area is 121 Å². The van der Waals surface area contributed by atoms with E-state index >= 15 is 0 Å². The molecule has 5 nitrogen and oxygen atoms in total. The number of thiazole rings is 1. The Morgan fingerprint density at radius 1 is 1.40 bits per heavy atom. The first-order valence-corrected chi connectivity index (χ1v) is 7.87. The lowest BCUT2D eigenvalue weighted by molar-refractivity contribution is 0.128. The van der Waals surface area contributed by atoms with Crippen LogP contribution in [-0.4, -0.2) is 14.8 Å². The summed E-state index contributed by atoms with van der Waals surface area (Å²) in [6.45, 7) is 6.37. The van der Waals surface area contributed by atoms with Crippen molar-refractivity contribution in [3.05, 3.63) is 16.0 Å². The molecule has 0 aromatic carbocycles. The Bertz CT molecular complexity index is 716. The number of aromatic nitrogens is 3. The Balaban J connectivity index is 2.21. The molecule has 0 bridgehead atoms. The Kier molecular flexibility index (Phi) is 3.08. The molecule has 1 aliphatic rings. The molecule has 3 rings (SSSR count). The lowest BCUT2D eigenvalue weighted by atomic mass is 9.73. The van der Waals surface area contributed by atoms with Gasteiger partial charge in [-0.05, 0) is 25.2 Å². The summed E-state index contributed by atoms with van der Waals surface area (Å²) in [6, 6.07) is 0.148. The first-order chi connectivity index (χ1) is 9.40. The summed E-state index contributed by atoms with van der Waals surface area (Å²) in [6.07, 6.45) is 4.51. The highest BCUT2D eigenvalue weighted by Gasteiger charge is 2.35. The Morgan fingerprint density at radius 3 is 2.85 bits per heavy atom. The van der Waals surface area contributed by atoms with E-state index in [0.717, 1.165) is 29.7 Å². The molecule has 1 unspecified atom stereocenters. The van der Waals surface area contributed by atoms with E-state index < -0.39 is 0 Å². The fourth-order valence-corrected chi connectivity index (χ4v) is 3.99. The second-order valence-electron chi connectivity index (χ2n) is 6.32. The summed E-state index contributed by atoms with van der Waals surface area (Å²) >= 11 is 1.34. The lowest BCUT2D eigenvalue weighted by Gasteiger charge is -2.38. The minimum absolute atomic E-state index is 0.0940. The molecule has 1 atom stereocenters.